The van der Waals surface area contributed by atoms with E-state index in [-0.39, 0.29) is 0 Å². The van der Waals surface area contributed by atoms with E-state index in [0.29, 0.717) is 5.92 Å². The van der Waals surface area contributed by atoms with Crippen LogP contribution in [0.5, 0.6) is 0 Å². The van der Waals surface area contributed by atoms with Gasteiger partial charge in [0, 0.05) is 6.54 Å². The van der Waals surface area contributed by atoms with Gasteiger partial charge in [0.05, 0.1) is 4.99 Å². The zero-order chi connectivity index (χ0) is 9.40. The van der Waals surface area contributed by atoms with Crippen LogP contribution >= 0.6 is 12.2 Å². The van der Waals surface area contributed by atoms with Gasteiger partial charge in [-0.25, -0.2) is 0 Å². The summed E-state index contributed by atoms with van der Waals surface area (Å²) < 4.78 is 0. The number of thiocarbonyl (C=S) groups is 1. The van der Waals surface area contributed by atoms with Crippen LogP contribution in [0.1, 0.15) is 27.2 Å². The summed E-state index contributed by atoms with van der Waals surface area (Å²) in [7, 11) is 0. The molecule has 0 aromatic rings. The second-order valence-corrected chi connectivity index (χ2v) is 3.86. The van der Waals surface area contributed by atoms with Crippen LogP contribution in [-0.2, 0) is 0 Å². The Bertz CT molecular complexity index is 126. The first kappa shape index (κ1) is 11.8. The van der Waals surface area contributed by atoms with Crippen molar-refractivity contribution in [3.8, 4) is 0 Å². The van der Waals surface area contributed by atoms with Crippen molar-refractivity contribution in [2.24, 2.45) is 5.92 Å². The molecule has 3 heteroatoms. The highest BCUT2D eigenvalue weighted by Crippen LogP contribution is 1.89. The topological polar surface area (TPSA) is 24.1 Å². The van der Waals surface area contributed by atoms with Crippen molar-refractivity contribution in [1.82, 2.24) is 10.6 Å². The summed E-state index contributed by atoms with van der Waals surface area (Å²) in [6, 6.07) is 0. The largest absolute Gasteiger partial charge is 0.380 e. The molecule has 0 spiro atoms. The molecule has 0 aromatic heterocycles. The van der Waals surface area contributed by atoms with Crippen LogP contribution in [0, 0.1) is 5.92 Å². The van der Waals surface area contributed by atoms with E-state index in [0.717, 1.165) is 24.6 Å². The zero-order valence-corrected chi connectivity index (χ0v) is 9.13. The normalized spacial score (nSPS) is 12.6. The van der Waals surface area contributed by atoms with Gasteiger partial charge in [0.25, 0.3) is 0 Å². The quantitative estimate of drug-likeness (QED) is 0.488. The van der Waals surface area contributed by atoms with Crippen LogP contribution in [0.15, 0.2) is 0 Å². The molecule has 0 rings (SSSR count). The van der Waals surface area contributed by atoms with Gasteiger partial charge < -0.3 is 10.6 Å². The summed E-state index contributed by atoms with van der Waals surface area (Å²) >= 11 is 4.92. The molecule has 2 N–H and O–H groups in total. The van der Waals surface area contributed by atoms with E-state index in [2.05, 4.69) is 24.5 Å². The average molecular weight is 188 g/mol. The van der Waals surface area contributed by atoms with Gasteiger partial charge in [0.2, 0.25) is 0 Å². The maximum atomic E-state index is 4.92. The molecule has 0 saturated carbocycles. The molecule has 2 nitrogen and oxygen atoms in total. The van der Waals surface area contributed by atoms with E-state index >= 15 is 0 Å². The third kappa shape index (κ3) is 7.95. The number of nitrogens with one attached hydrogen (secondary N) is 2. The molecule has 0 aromatic carbocycles. The summed E-state index contributed by atoms with van der Waals surface area (Å²) in [5.41, 5.74) is 0. The molecule has 0 radical (unpaired) electrons. The van der Waals surface area contributed by atoms with E-state index < -0.39 is 0 Å². The SMILES string of the molecule is CCCNCC(C)CNC(C)=S. The maximum absolute atomic E-state index is 4.92. The summed E-state index contributed by atoms with van der Waals surface area (Å²) in [4.78, 5) is 0.886. The van der Waals surface area contributed by atoms with Crippen LogP contribution in [0.25, 0.3) is 0 Å². The monoisotopic (exact) mass is 188 g/mol. The van der Waals surface area contributed by atoms with E-state index in [4.69, 9.17) is 12.2 Å². The lowest BCUT2D eigenvalue weighted by atomic mass is 10.2. The van der Waals surface area contributed by atoms with E-state index in [1.54, 1.807) is 0 Å². The molecule has 12 heavy (non-hydrogen) atoms. The lowest BCUT2D eigenvalue weighted by Crippen LogP contribution is -2.31. The highest BCUT2D eigenvalue weighted by atomic mass is 32.1. The average Bonchev–Trinajstić information content (AvgIpc) is 2.01. The predicted molar refractivity (Wildman–Crippen MR) is 58.6 cm³/mol. The van der Waals surface area contributed by atoms with Crippen molar-refractivity contribution in [1.29, 1.82) is 0 Å². The Hall–Kier alpha value is -0.150. The highest BCUT2D eigenvalue weighted by molar-refractivity contribution is 7.80. The summed E-state index contributed by atoms with van der Waals surface area (Å²) in [5, 5.41) is 6.54. The van der Waals surface area contributed by atoms with Crippen molar-refractivity contribution in [2.45, 2.75) is 27.2 Å². The van der Waals surface area contributed by atoms with Crippen molar-refractivity contribution in [2.75, 3.05) is 19.6 Å². The molecule has 72 valence electrons. The van der Waals surface area contributed by atoms with E-state index in [1.165, 1.54) is 6.42 Å². The first-order valence-corrected chi connectivity index (χ1v) is 5.02. The molecular weight excluding hydrogens is 168 g/mol. The molecule has 1 unspecified atom stereocenters. The lowest BCUT2D eigenvalue weighted by molar-refractivity contribution is 0.506. The van der Waals surface area contributed by atoms with Crippen LogP contribution in [0.4, 0.5) is 0 Å². The van der Waals surface area contributed by atoms with Crippen LogP contribution < -0.4 is 10.6 Å². The van der Waals surface area contributed by atoms with Gasteiger partial charge in [0.15, 0.2) is 0 Å². The Balaban J connectivity index is 3.21. The van der Waals surface area contributed by atoms with Gasteiger partial charge in [-0.1, -0.05) is 26.1 Å². The maximum Gasteiger partial charge on any atom is 0.0722 e. The molecule has 0 aliphatic rings. The second kappa shape index (κ2) is 7.50. The fourth-order valence-electron chi connectivity index (χ4n) is 0.915. The van der Waals surface area contributed by atoms with Gasteiger partial charge in [-0.05, 0) is 32.4 Å². The Morgan fingerprint density at radius 3 is 2.58 bits per heavy atom. The van der Waals surface area contributed by atoms with E-state index in [1.807, 2.05) is 6.92 Å². The molecule has 0 aliphatic carbocycles. The Kier molecular flexibility index (Phi) is 7.40. The van der Waals surface area contributed by atoms with Gasteiger partial charge in [0.1, 0.15) is 0 Å². The van der Waals surface area contributed by atoms with Gasteiger partial charge in [-0.15, -0.1) is 0 Å². The zero-order valence-electron chi connectivity index (χ0n) is 8.31. The minimum Gasteiger partial charge on any atom is -0.380 e. The smallest absolute Gasteiger partial charge is 0.0722 e. The number of rotatable bonds is 6. The molecule has 0 saturated heterocycles. The third-order valence-electron chi connectivity index (χ3n) is 1.62. The second-order valence-electron chi connectivity index (χ2n) is 3.25. The van der Waals surface area contributed by atoms with Gasteiger partial charge in [-0.2, -0.15) is 0 Å². The van der Waals surface area contributed by atoms with Crippen molar-refractivity contribution in [3.05, 3.63) is 0 Å². The molecule has 0 aliphatic heterocycles. The molecule has 1 atom stereocenters. The minimum absolute atomic E-state index is 0.648. The molecule has 0 fully saturated rings. The van der Waals surface area contributed by atoms with Gasteiger partial charge in [-0.3, -0.25) is 0 Å². The number of hydrogen-bond acceptors (Lipinski definition) is 2. The lowest BCUT2D eigenvalue weighted by Gasteiger charge is -2.12. The molecule has 0 heterocycles. The van der Waals surface area contributed by atoms with Crippen LogP contribution in [-0.4, -0.2) is 24.6 Å². The van der Waals surface area contributed by atoms with Crippen molar-refractivity contribution >= 4 is 17.2 Å². The first-order chi connectivity index (χ1) is 5.66. The highest BCUT2D eigenvalue weighted by Gasteiger charge is 1.99. The van der Waals surface area contributed by atoms with Crippen molar-refractivity contribution in [3.63, 3.8) is 0 Å². The summed E-state index contributed by atoms with van der Waals surface area (Å²) in [5.74, 6) is 0.648. The molecular formula is C9H20N2S. The third-order valence-corrected chi connectivity index (χ3v) is 1.76. The summed E-state index contributed by atoms with van der Waals surface area (Å²) in [6.45, 7) is 9.48. The fourth-order valence-corrected chi connectivity index (χ4v) is 0.999. The standard InChI is InChI=1S/C9H20N2S/c1-4-5-10-6-8(2)7-11-9(3)12/h8,10H,4-7H2,1-3H3,(H,11,12). The van der Waals surface area contributed by atoms with Crippen LogP contribution in [0.2, 0.25) is 0 Å². The predicted octanol–water partition coefficient (Wildman–Crippen LogP) is 1.56. The Morgan fingerprint density at radius 2 is 2.08 bits per heavy atom. The van der Waals surface area contributed by atoms with E-state index in [9.17, 15) is 0 Å². The molecule has 0 amide bonds. The summed E-state index contributed by atoms with van der Waals surface area (Å²) in [6.07, 6.45) is 1.20. The fraction of sp³-hybridized carbons (Fsp3) is 0.889. The number of hydrogen-bond donors (Lipinski definition) is 2. The molecule has 0 bridgehead atoms. The Morgan fingerprint density at radius 1 is 1.42 bits per heavy atom. The first-order valence-electron chi connectivity index (χ1n) is 4.62. The van der Waals surface area contributed by atoms with Gasteiger partial charge >= 0.3 is 0 Å². The van der Waals surface area contributed by atoms with Crippen LogP contribution in [0.3, 0.4) is 0 Å². The van der Waals surface area contributed by atoms with Crippen molar-refractivity contribution < 1.29 is 0 Å². The minimum atomic E-state index is 0.648. The Labute approximate surface area is 81.1 Å².